The Balaban J connectivity index is 2.76. The van der Waals surface area contributed by atoms with Gasteiger partial charge in [-0.3, -0.25) is 4.79 Å². The van der Waals surface area contributed by atoms with E-state index in [1.54, 1.807) is 35.8 Å². The van der Waals surface area contributed by atoms with Crippen LogP contribution in [0.2, 0.25) is 0 Å². The maximum atomic E-state index is 11.9. The van der Waals surface area contributed by atoms with Crippen LogP contribution in [0.25, 0.3) is 0 Å². The highest BCUT2D eigenvalue weighted by Crippen LogP contribution is 2.21. The highest BCUT2D eigenvalue weighted by Gasteiger charge is 2.12. The minimum atomic E-state index is -0.0549. The lowest BCUT2D eigenvalue weighted by Gasteiger charge is -2.16. The second-order valence-corrected chi connectivity index (χ2v) is 5.53. The van der Waals surface area contributed by atoms with E-state index in [2.05, 4.69) is 0 Å². The molecule has 0 saturated heterocycles. The molecule has 16 heavy (non-hydrogen) atoms. The zero-order chi connectivity index (χ0) is 12.1. The molecule has 1 aromatic carbocycles. The third-order valence-electron chi connectivity index (χ3n) is 2.17. The summed E-state index contributed by atoms with van der Waals surface area (Å²) < 4.78 is 0.751. The number of phenols is 1. The first-order chi connectivity index (χ1) is 7.56. The number of hydrogen-bond acceptors (Lipinski definition) is 3. The summed E-state index contributed by atoms with van der Waals surface area (Å²) in [6.07, 6.45) is 2.01. The van der Waals surface area contributed by atoms with E-state index in [1.807, 2.05) is 28.8 Å². The van der Waals surface area contributed by atoms with E-state index < -0.39 is 0 Å². The number of aromatic hydroxyl groups is 1. The average molecular weight is 351 g/mol. The van der Waals surface area contributed by atoms with Gasteiger partial charge in [-0.25, -0.2) is 0 Å². The number of carbonyl (C=O) groups is 1. The van der Waals surface area contributed by atoms with E-state index >= 15 is 0 Å². The number of carbonyl (C=O) groups excluding carboxylic acids is 1. The summed E-state index contributed by atoms with van der Waals surface area (Å²) in [5, 5.41) is 9.52. The molecule has 0 aliphatic carbocycles. The van der Waals surface area contributed by atoms with Crippen LogP contribution in [0, 0.1) is 3.57 Å². The fourth-order valence-electron chi connectivity index (χ4n) is 1.20. The van der Waals surface area contributed by atoms with Crippen molar-refractivity contribution in [2.75, 3.05) is 25.6 Å². The standard InChI is InChI=1S/C11H14INO2S/c1-13(5-6-16-2)11(15)8-3-4-9(12)10(14)7-8/h3-4,7,14H,5-6H2,1-2H3. The fourth-order valence-corrected chi connectivity index (χ4v) is 1.99. The third kappa shape index (κ3) is 3.55. The molecule has 5 heteroatoms. The lowest BCUT2D eigenvalue weighted by atomic mass is 10.2. The summed E-state index contributed by atoms with van der Waals surface area (Å²) >= 11 is 3.73. The predicted molar refractivity (Wildman–Crippen MR) is 76.2 cm³/mol. The molecule has 1 aromatic rings. The monoisotopic (exact) mass is 351 g/mol. The smallest absolute Gasteiger partial charge is 0.253 e. The third-order valence-corrected chi connectivity index (χ3v) is 3.67. The van der Waals surface area contributed by atoms with Gasteiger partial charge in [0.2, 0.25) is 0 Å². The maximum Gasteiger partial charge on any atom is 0.253 e. The van der Waals surface area contributed by atoms with Crippen molar-refractivity contribution < 1.29 is 9.90 Å². The first-order valence-electron chi connectivity index (χ1n) is 4.79. The van der Waals surface area contributed by atoms with Gasteiger partial charge in [0.1, 0.15) is 5.75 Å². The van der Waals surface area contributed by atoms with Gasteiger partial charge in [0.25, 0.3) is 5.91 Å². The van der Waals surface area contributed by atoms with Gasteiger partial charge in [0, 0.05) is 24.9 Å². The molecule has 0 fully saturated rings. The van der Waals surface area contributed by atoms with Crippen molar-refractivity contribution in [1.29, 1.82) is 0 Å². The number of benzene rings is 1. The summed E-state index contributed by atoms with van der Waals surface area (Å²) in [4.78, 5) is 13.6. The van der Waals surface area contributed by atoms with Gasteiger partial charge in [-0.1, -0.05) is 0 Å². The van der Waals surface area contributed by atoms with Crippen LogP contribution in [0.1, 0.15) is 10.4 Å². The van der Waals surface area contributed by atoms with Crippen molar-refractivity contribution in [2.45, 2.75) is 0 Å². The zero-order valence-corrected chi connectivity index (χ0v) is 12.2. The Bertz CT molecular complexity index is 384. The minimum Gasteiger partial charge on any atom is -0.507 e. The molecule has 1 N–H and O–H groups in total. The molecular weight excluding hydrogens is 337 g/mol. The minimum absolute atomic E-state index is 0.0549. The lowest BCUT2D eigenvalue weighted by molar-refractivity contribution is 0.0803. The van der Waals surface area contributed by atoms with E-state index in [4.69, 9.17) is 0 Å². The molecule has 0 aliphatic rings. The Hall–Kier alpha value is -0.430. The normalized spacial score (nSPS) is 10.2. The van der Waals surface area contributed by atoms with E-state index in [1.165, 1.54) is 6.07 Å². The van der Waals surface area contributed by atoms with Gasteiger partial charge in [0.15, 0.2) is 0 Å². The Morgan fingerprint density at radius 2 is 2.25 bits per heavy atom. The summed E-state index contributed by atoms with van der Waals surface area (Å²) in [5.74, 6) is 1.02. The van der Waals surface area contributed by atoms with Crippen LogP contribution in [-0.2, 0) is 0 Å². The molecule has 0 radical (unpaired) electrons. The van der Waals surface area contributed by atoms with Gasteiger partial charge in [-0.15, -0.1) is 0 Å². The molecule has 0 atom stereocenters. The van der Waals surface area contributed by atoms with Crippen molar-refractivity contribution in [3.8, 4) is 5.75 Å². The number of halogens is 1. The van der Waals surface area contributed by atoms with Gasteiger partial charge in [-0.2, -0.15) is 11.8 Å². The number of amides is 1. The van der Waals surface area contributed by atoms with Crippen LogP contribution in [-0.4, -0.2) is 41.5 Å². The molecule has 0 saturated carbocycles. The second-order valence-electron chi connectivity index (χ2n) is 3.39. The maximum absolute atomic E-state index is 11.9. The average Bonchev–Trinajstić information content (AvgIpc) is 2.28. The Morgan fingerprint density at radius 1 is 1.56 bits per heavy atom. The van der Waals surface area contributed by atoms with Crippen molar-refractivity contribution in [2.24, 2.45) is 0 Å². The van der Waals surface area contributed by atoms with E-state index in [-0.39, 0.29) is 11.7 Å². The summed E-state index contributed by atoms with van der Waals surface area (Å²) in [6, 6.07) is 4.99. The Morgan fingerprint density at radius 3 is 2.81 bits per heavy atom. The topological polar surface area (TPSA) is 40.5 Å². The molecule has 0 unspecified atom stereocenters. The molecule has 0 spiro atoms. The molecule has 88 valence electrons. The van der Waals surface area contributed by atoms with Gasteiger partial charge < -0.3 is 10.0 Å². The van der Waals surface area contributed by atoms with Crippen LogP contribution in [0.4, 0.5) is 0 Å². The number of nitrogens with zero attached hydrogens (tertiary/aromatic N) is 1. The van der Waals surface area contributed by atoms with Crippen LogP contribution < -0.4 is 0 Å². The molecular formula is C11H14INO2S. The van der Waals surface area contributed by atoms with Crippen molar-refractivity contribution in [1.82, 2.24) is 4.90 Å². The molecule has 1 amide bonds. The quantitative estimate of drug-likeness (QED) is 0.848. The summed E-state index contributed by atoms with van der Waals surface area (Å²) in [6.45, 7) is 0.715. The van der Waals surface area contributed by atoms with Crippen molar-refractivity contribution in [3.63, 3.8) is 0 Å². The molecule has 0 aromatic heterocycles. The first kappa shape index (κ1) is 13.6. The zero-order valence-electron chi connectivity index (χ0n) is 9.24. The van der Waals surface area contributed by atoms with E-state index in [0.29, 0.717) is 12.1 Å². The molecule has 0 heterocycles. The molecule has 0 aliphatic heterocycles. The second kappa shape index (κ2) is 6.34. The van der Waals surface area contributed by atoms with Gasteiger partial charge in [-0.05, 0) is 47.0 Å². The largest absolute Gasteiger partial charge is 0.507 e. The molecule has 3 nitrogen and oxygen atoms in total. The number of phenolic OH excluding ortho intramolecular Hbond substituents is 1. The lowest BCUT2D eigenvalue weighted by Crippen LogP contribution is -2.28. The van der Waals surface area contributed by atoms with Crippen molar-refractivity contribution >= 4 is 40.3 Å². The van der Waals surface area contributed by atoms with Crippen LogP contribution in [0.3, 0.4) is 0 Å². The Labute approximate surface area is 113 Å². The highest BCUT2D eigenvalue weighted by molar-refractivity contribution is 14.1. The highest BCUT2D eigenvalue weighted by atomic mass is 127. The van der Waals surface area contributed by atoms with Gasteiger partial charge >= 0.3 is 0 Å². The number of thioether (sulfide) groups is 1. The fraction of sp³-hybridized carbons (Fsp3) is 0.364. The summed E-state index contributed by atoms with van der Waals surface area (Å²) in [7, 11) is 1.77. The Kier molecular flexibility index (Phi) is 5.40. The van der Waals surface area contributed by atoms with Crippen molar-refractivity contribution in [3.05, 3.63) is 27.3 Å². The predicted octanol–water partition coefficient (Wildman–Crippen LogP) is 2.43. The summed E-state index contributed by atoms with van der Waals surface area (Å²) in [5.41, 5.74) is 0.529. The number of hydrogen-bond donors (Lipinski definition) is 1. The van der Waals surface area contributed by atoms with E-state index in [9.17, 15) is 9.90 Å². The molecule has 1 rings (SSSR count). The van der Waals surface area contributed by atoms with Crippen LogP contribution >= 0.6 is 34.4 Å². The van der Waals surface area contributed by atoms with Crippen LogP contribution in [0.5, 0.6) is 5.75 Å². The molecule has 0 bridgehead atoms. The first-order valence-corrected chi connectivity index (χ1v) is 7.26. The van der Waals surface area contributed by atoms with Crippen LogP contribution in [0.15, 0.2) is 18.2 Å². The number of rotatable bonds is 4. The van der Waals surface area contributed by atoms with Gasteiger partial charge in [0.05, 0.1) is 3.57 Å². The SMILES string of the molecule is CSCCN(C)C(=O)c1ccc(I)c(O)c1. The van der Waals surface area contributed by atoms with E-state index in [0.717, 1.165) is 9.32 Å².